The van der Waals surface area contributed by atoms with Gasteiger partial charge in [-0.05, 0) is 23.6 Å². The van der Waals surface area contributed by atoms with Gasteiger partial charge in [-0.3, -0.25) is 9.69 Å². The van der Waals surface area contributed by atoms with E-state index in [2.05, 4.69) is 5.32 Å². The number of benzene rings is 1. The second kappa shape index (κ2) is 8.03. The van der Waals surface area contributed by atoms with Crippen LogP contribution in [0.1, 0.15) is 32.3 Å². The second-order valence-electron chi connectivity index (χ2n) is 6.36. The number of rotatable bonds is 7. The molecule has 2 amide bonds. The average Bonchev–Trinajstić information content (AvgIpc) is 2.93. The Morgan fingerprint density at radius 2 is 2.15 bits per heavy atom. The summed E-state index contributed by atoms with van der Waals surface area (Å²) in [5.41, 5.74) is 0.611. The number of carbonyl (C=O) groups is 2. The van der Waals surface area contributed by atoms with E-state index in [-0.39, 0.29) is 36.1 Å². The van der Waals surface area contributed by atoms with E-state index in [9.17, 15) is 22.4 Å². The maximum Gasteiger partial charge on any atom is 0.414 e. The fourth-order valence-electron chi connectivity index (χ4n) is 2.77. The van der Waals surface area contributed by atoms with E-state index in [0.29, 0.717) is 5.69 Å². The SMILES string of the molecule is CCS(=O)(=O)CC(C)c1ccc(N2CC(CNC(C)=O)OC2=O)cc1F. The Morgan fingerprint density at radius 3 is 2.73 bits per heavy atom. The topological polar surface area (TPSA) is 92.8 Å². The van der Waals surface area contributed by atoms with Crippen molar-refractivity contribution in [2.24, 2.45) is 0 Å². The van der Waals surface area contributed by atoms with Gasteiger partial charge in [0.15, 0.2) is 9.84 Å². The molecule has 1 heterocycles. The number of hydrogen-bond acceptors (Lipinski definition) is 5. The van der Waals surface area contributed by atoms with Crippen LogP contribution in [0.15, 0.2) is 18.2 Å². The highest BCUT2D eigenvalue weighted by atomic mass is 32.2. The fourth-order valence-corrected chi connectivity index (χ4v) is 3.95. The number of nitrogens with zero attached hydrogens (tertiary/aromatic N) is 1. The third-order valence-corrected chi connectivity index (χ3v) is 6.11. The molecule has 1 fully saturated rings. The van der Waals surface area contributed by atoms with Crippen molar-refractivity contribution < 1.29 is 27.1 Å². The van der Waals surface area contributed by atoms with Gasteiger partial charge >= 0.3 is 6.09 Å². The largest absolute Gasteiger partial charge is 0.442 e. The molecular weight excluding hydrogens is 363 g/mol. The lowest BCUT2D eigenvalue weighted by Gasteiger charge is -2.17. The van der Waals surface area contributed by atoms with Gasteiger partial charge in [-0.1, -0.05) is 19.9 Å². The highest BCUT2D eigenvalue weighted by Crippen LogP contribution is 2.27. The van der Waals surface area contributed by atoms with Crippen LogP contribution in [0, 0.1) is 5.82 Å². The van der Waals surface area contributed by atoms with Crippen LogP contribution in [0.4, 0.5) is 14.9 Å². The van der Waals surface area contributed by atoms with Gasteiger partial charge in [0.05, 0.1) is 24.5 Å². The normalized spacial score (nSPS) is 18.5. The summed E-state index contributed by atoms with van der Waals surface area (Å²) >= 11 is 0. The third-order valence-electron chi connectivity index (χ3n) is 4.22. The molecule has 2 rings (SSSR count). The number of cyclic esters (lactones) is 1. The van der Waals surface area contributed by atoms with Crippen LogP contribution in [0.3, 0.4) is 0 Å². The first kappa shape index (κ1) is 20.2. The molecule has 2 unspecified atom stereocenters. The number of sulfone groups is 1. The van der Waals surface area contributed by atoms with Crippen molar-refractivity contribution in [1.82, 2.24) is 5.32 Å². The van der Waals surface area contributed by atoms with Crippen molar-refractivity contribution in [2.45, 2.75) is 32.8 Å². The molecule has 7 nitrogen and oxygen atoms in total. The molecule has 0 aliphatic carbocycles. The number of carbonyl (C=O) groups excluding carboxylic acids is 2. The summed E-state index contributed by atoms with van der Waals surface area (Å²) in [4.78, 5) is 24.2. The molecule has 0 radical (unpaired) electrons. The molecule has 26 heavy (non-hydrogen) atoms. The van der Waals surface area contributed by atoms with E-state index in [4.69, 9.17) is 4.74 Å². The predicted octanol–water partition coefficient (Wildman–Crippen LogP) is 1.83. The molecule has 0 bridgehead atoms. The number of anilines is 1. The minimum atomic E-state index is -3.22. The van der Waals surface area contributed by atoms with Crippen molar-refractivity contribution in [3.63, 3.8) is 0 Å². The van der Waals surface area contributed by atoms with Gasteiger partial charge in [0, 0.05) is 12.7 Å². The van der Waals surface area contributed by atoms with Crippen molar-refractivity contribution >= 4 is 27.5 Å². The summed E-state index contributed by atoms with van der Waals surface area (Å²) in [7, 11) is -3.22. The number of hydrogen-bond donors (Lipinski definition) is 1. The zero-order valence-corrected chi connectivity index (χ0v) is 15.8. The maximum absolute atomic E-state index is 14.5. The first-order valence-electron chi connectivity index (χ1n) is 8.35. The number of amides is 2. The van der Waals surface area contributed by atoms with E-state index in [1.165, 1.54) is 24.0 Å². The maximum atomic E-state index is 14.5. The lowest BCUT2D eigenvalue weighted by Crippen LogP contribution is -2.33. The Balaban J connectivity index is 2.11. The molecule has 1 aromatic rings. The van der Waals surface area contributed by atoms with Gasteiger partial charge in [-0.2, -0.15) is 0 Å². The van der Waals surface area contributed by atoms with Gasteiger partial charge in [0.2, 0.25) is 5.91 Å². The zero-order valence-electron chi connectivity index (χ0n) is 15.0. The van der Waals surface area contributed by atoms with Crippen molar-refractivity contribution in [3.8, 4) is 0 Å². The second-order valence-corrected chi connectivity index (χ2v) is 8.76. The molecule has 1 saturated heterocycles. The molecule has 1 aliphatic rings. The van der Waals surface area contributed by atoms with Crippen LogP contribution in [0.5, 0.6) is 0 Å². The van der Waals surface area contributed by atoms with Crippen LogP contribution in [-0.2, 0) is 19.4 Å². The minimum Gasteiger partial charge on any atom is -0.442 e. The molecule has 0 spiro atoms. The monoisotopic (exact) mass is 386 g/mol. The molecule has 9 heteroatoms. The minimum absolute atomic E-state index is 0.00630. The quantitative estimate of drug-likeness (QED) is 0.772. The van der Waals surface area contributed by atoms with Gasteiger partial charge in [-0.15, -0.1) is 0 Å². The summed E-state index contributed by atoms with van der Waals surface area (Å²) in [6, 6.07) is 4.26. The summed E-state index contributed by atoms with van der Waals surface area (Å²) in [5.74, 6) is -1.42. The standard InChI is InChI=1S/C17H23FN2O5S/c1-4-26(23,24)10-11(2)15-6-5-13(7-16(15)18)20-9-14(25-17(20)22)8-19-12(3)21/h5-7,11,14H,4,8-10H2,1-3H3,(H,19,21). The average molecular weight is 386 g/mol. The van der Waals surface area contributed by atoms with Crippen molar-refractivity contribution in [1.29, 1.82) is 0 Å². The third kappa shape index (κ3) is 4.94. The summed E-state index contributed by atoms with van der Waals surface area (Å²) in [6.07, 6.45) is -1.13. The molecule has 144 valence electrons. The smallest absolute Gasteiger partial charge is 0.414 e. The van der Waals surface area contributed by atoms with Crippen LogP contribution in [0.25, 0.3) is 0 Å². The van der Waals surface area contributed by atoms with Crippen molar-refractivity contribution in [3.05, 3.63) is 29.6 Å². The van der Waals surface area contributed by atoms with E-state index in [1.807, 2.05) is 0 Å². The van der Waals surface area contributed by atoms with Crippen LogP contribution in [-0.4, -0.2) is 51.1 Å². The summed E-state index contributed by atoms with van der Waals surface area (Å²) < 4.78 is 43.1. The summed E-state index contributed by atoms with van der Waals surface area (Å²) in [5, 5.41) is 2.57. The van der Waals surface area contributed by atoms with E-state index in [1.54, 1.807) is 19.9 Å². The van der Waals surface area contributed by atoms with Gasteiger partial charge in [0.1, 0.15) is 11.9 Å². The van der Waals surface area contributed by atoms with Crippen LogP contribution in [0.2, 0.25) is 0 Å². The van der Waals surface area contributed by atoms with E-state index in [0.717, 1.165) is 0 Å². The lowest BCUT2D eigenvalue weighted by molar-refractivity contribution is -0.119. The van der Waals surface area contributed by atoms with E-state index < -0.39 is 33.8 Å². The van der Waals surface area contributed by atoms with E-state index >= 15 is 0 Å². The lowest BCUT2D eigenvalue weighted by atomic mass is 10.0. The van der Waals surface area contributed by atoms with Crippen LogP contribution >= 0.6 is 0 Å². The predicted molar refractivity (Wildman–Crippen MR) is 95.4 cm³/mol. The molecular formula is C17H23FN2O5S. The van der Waals surface area contributed by atoms with Gasteiger partial charge in [-0.25, -0.2) is 17.6 Å². The Morgan fingerprint density at radius 1 is 1.46 bits per heavy atom. The van der Waals surface area contributed by atoms with Crippen LogP contribution < -0.4 is 10.2 Å². The molecule has 2 atom stereocenters. The highest BCUT2D eigenvalue weighted by molar-refractivity contribution is 7.91. The first-order chi connectivity index (χ1) is 12.1. The Labute approximate surface area is 152 Å². The number of halogens is 1. The zero-order chi connectivity index (χ0) is 19.5. The number of ether oxygens (including phenoxy) is 1. The Bertz CT molecular complexity index is 796. The molecule has 1 N–H and O–H groups in total. The van der Waals surface area contributed by atoms with Gasteiger partial charge < -0.3 is 10.1 Å². The summed E-state index contributed by atoms with van der Waals surface area (Å²) in [6.45, 7) is 4.95. The van der Waals surface area contributed by atoms with Gasteiger partial charge in [0.25, 0.3) is 0 Å². The fraction of sp³-hybridized carbons (Fsp3) is 0.529. The molecule has 0 aromatic heterocycles. The molecule has 1 aliphatic heterocycles. The molecule has 0 saturated carbocycles. The van der Waals surface area contributed by atoms with Crippen molar-refractivity contribution in [2.75, 3.05) is 29.5 Å². The Kier molecular flexibility index (Phi) is 6.22. The highest BCUT2D eigenvalue weighted by Gasteiger charge is 2.33. The first-order valence-corrected chi connectivity index (χ1v) is 10.2. The number of nitrogens with one attached hydrogen (secondary N) is 1. The molecule has 1 aromatic carbocycles. The Hall–Kier alpha value is -2.16.